The zero-order valence-corrected chi connectivity index (χ0v) is 16.1. The molecule has 4 rings (SSSR count). The van der Waals surface area contributed by atoms with Gasteiger partial charge in [-0.2, -0.15) is 8.75 Å². The SMILES string of the molecule is Cc1nsnc1C(=O)N1CCC(C2CCN(c3nccs3)CC2)CC1. The highest BCUT2D eigenvalue weighted by Crippen LogP contribution is 2.34. The van der Waals surface area contributed by atoms with E-state index in [9.17, 15) is 4.79 Å². The number of piperidine rings is 2. The van der Waals surface area contributed by atoms with Crippen LogP contribution in [0.3, 0.4) is 0 Å². The molecule has 2 aromatic rings. The average molecular weight is 378 g/mol. The third-order valence-corrected chi connectivity index (χ3v) is 7.03. The van der Waals surface area contributed by atoms with E-state index in [0.29, 0.717) is 5.69 Å². The molecule has 2 aliphatic heterocycles. The Bertz CT molecular complexity index is 700. The number of aromatic nitrogens is 3. The van der Waals surface area contributed by atoms with Crippen molar-refractivity contribution in [2.75, 3.05) is 31.1 Å². The molecule has 134 valence electrons. The zero-order chi connectivity index (χ0) is 17.2. The highest BCUT2D eigenvalue weighted by atomic mass is 32.1. The Balaban J connectivity index is 1.28. The third kappa shape index (κ3) is 3.55. The van der Waals surface area contributed by atoms with Crippen LogP contribution in [-0.2, 0) is 0 Å². The van der Waals surface area contributed by atoms with Gasteiger partial charge in [0.05, 0.1) is 17.4 Å². The van der Waals surface area contributed by atoms with Gasteiger partial charge in [0.1, 0.15) is 0 Å². The number of aryl methyl sites for hydroxylation is 1. The van der Waals surface area contributed by atoms with Crippen molar-refractivity contribution in [1.29, 1.82) is 0 Å². The number of rotatable bonds is 3. The van der Waals surface area contributed by atoms with Crippen molar-refractivity contribution in [3.63, 3.8) is 0 Å². The Kier molecular flexibility index (Phi) is 4.98. The van der Waals surface area contributed by atoms with Crippen LogP contribution in [0.1, 0.15) is 41.9 Å². The monoisotopic (exact) mass is 377 g/mol. The lowest BCUT2D eigenvalue weighted by molar-refractivity contribution is 0.0640. The normalized spacial score (nSPS) is 20.2. The molecule has 2 fully saturated rings. The molecule has 0 spiro atoms. The number of hydrogen-bond acceptors (Lipinski definition) is 7. The molecule has 0 aromatic carbocycles. The number of thiazole rings is 1. The molecule has 2 saturated heterocycles. The molecule has 25 heavy (non-hydrogen) atoms. The van der Waals surface area contributed by atoms with Crippen molar-refractivity contribution >= 4 is 34.1 Å². The fourth-order valence-corrected chi connectivity index (χ4v) is 5.32. The second-order valence-electron chi connectivity index (χ2n) is 6.97. The summed E-state index contributed by atoms with van der Waals surface area (Å²) in [6.07, 6.45) is 6.60. The number of anilines is 1. The largest absolute Gasteiger partial charge is 0.348 e. The van der Waals surface area contributed by atoms with E-state index in [4.69, 9.17) is 0 Å². The minimum Gasteiger partial charge on any atom is -0.348 e. The first kappa shape index (κ1) is 16.9. The molecule has 1 amide bonds. The standard InChI is InChI=1S/C17H23N5OS2/c1-12-15(20-25-19-12)16(23)21-7-2-13(3-8-21)14-4-9-22(10-5-14)17-18-6-11-24-17/h6,11,13-14H,2-5,7-10H2,1H3. The lowest BCUT2D eigenvalue weighted by Gasteiger charge is -2.40. The fraction of sp³-hybridized carbons (Fsp3) is 0.647. The molecule has 0 bridgehead atoms. The first-order chi connectivity index (χ1) is 12.2. The van der Waals surface area contributed by atoms with Gasteiger partial charge in [0.2, 0.25) is 0 Å². The van der Waals surface area contributed by atoms with Gasteiger partial charge >= 0.3 is 0 Å². The van der Waals surface area contributed by atoms with Crippen molar-refractivity contribution in [3.05, 3.63) is 23.0 Å². The highest BCUT2D eigenvalue weighted by molar-refractivity contribution is 7.13. The molecule has 2 aromatic heterocycles. The summed E-state index contributed by atoms with van der Waals surface area (Å²) in [7, 11) is 0. The molecule has 0 aliphatic carbocycles. The van der Waals surface area contributed by atoms with E-state index in [1.165, 1.54) is 12.8 Å². The van der Waals surface area contributed by atoms with Crippen LogP contribution in [0, 0.1) is 18.8 Å². The molecule has 0 N–H and O–H groups in total. The van der Waals surface area contributed by atoms with Crippen LogP contribution < -0.4 is 4.90 Å². The van der Waals surface area contributed by atoms with Gasteiger partial charge in [0.25, 0.3) is 5.91 Å². The molecule has 8 heteroatoms. The van der Waals surface area contributed by atoms with Crippen LogP contribution in [-0.4, -0.2) is 50.7 Å². The highest BCUT2D eigenvalue weighted by Gasteiger charge is 2.32. The van der Waals surface area contributed by atoms with E-state index in [-0.39, 0.29) is 5.91 Å². The van der Waals surface area contributed by atoms with E-state index in [1.54, 1.807) is 11.3 Å². The van der Waals surface area contributed by atoms with E-state index >= 15 is 0 Å². The minimum atomic E-state index is 0.0586. The minimum absolute atomic E-state index is 0.0586. The van der Waals surface area contributed by atoms with Crippen molar-refractivity contribution in [3.8, 4) is 0 Å². The smallest absolute Gasteiger partial charge is 0.275 e. The molecule has 2 aliphatic rings. The van der Waals surface area contributed by atoms with E-state index in [1.807, 2.05) is 23.4 Å². The molecule has 0 saturated carbocycles. The summed E-state index contributed by atoms with van der Waals surface area (Å²) < 4.78 is 8.28. The van der Waals surface area contributed by atoms with E-state index in [0.717, 1.165) is 73.4 Å². The van der Waals surface area contributed by atoms with Crippen LogP contribution in [0.15, 0.2) is 11.6 Å². The van der Waals surface area contributed by atoms with Crippen molar-refractivity contribution in [1.82, 2.24) is 18.6 Å². The van der Waals surface area contributed by atoms with Crippen LogP contribution in [0.5, 0.6) is 0 Å². The number of carbonyl (C=O) groups is 1. The van der Waals surface area contributed by atoms with E-state index < -0.39 is 0 Å². The van der Waals surface area contributed by atoms with Gasteiger partial charge in [-0.25, -0.2) is 4.98 Å². The van der Waals surface area contributed by atoms with Gasteiger partial charge in [-0.15, -0.1) is 11.3 Å². The van der Waals surface area contributed by atoms with Crippen LogP contribution in [0.4, 0.5) is 5.13 Å². The second kappa shape index (κ2) is 7.37. The van der Waals surface area contributed by atoms with E-state index in [2.05, 4.69) is 18.6 Å². The van der Waals surface area contributed by atoms with Gasteiger partial charge in [-0.05, 0) is 44.4 Å². The van der Waals surface area contributed by atoms with Crippen molar-refractivity contribution in [2.45, 2.75) is 32.6 Å². The molecular formula is C17H23N5OS2. The molecule has 0 radical (unpaired) electrons. The molecule has 4 heterocycles. The summed E-state index contributed by atoms with van der Waals surface area (Å²) >= 11 is 2.85. The second-order valence-corrected chi connectivity index (χ2v) is 8.37. The zero-order valence-electron chi connectivity index (χ0n) is 14.4. The quantitative estimate of drug-likeness (QED) is 0.823. The summed E-state index contributed by atoms with van der Waals surface area (Å²) in [5.74, 6) is 1.59. The number of likely N-dealkylation sites (tertiary alicyclic amines) is 1. The Morgan fingerprint density at radius 3 is 2.32 bits per heavy atom. The Labute approximate surface area is 156 Å². The number of nitrogens with zero attached hydrogens (tertiary/aromatic N) is 5. The lowest BCUT2D eigenvalue weighted by atomic mass is 9.79. The Hall–Kier alpha value is -1.54. The summed E-state index contributed by atoms with van der Waals surface area (Å²) in [4.78, 5) is 21.4. The van der Waals surface area contributed by atoms with Gasteiger partial charge in [0.15, 0.2) is 10.8 Å². The maximum Gasteiger partial charge on any atom is 0.275 e. The molecule has 6 nitrogen and oxygen atoms in total. The summed E-state index contributed by atoms with van der Waals surface area (Å²) in [5, 5.41) is 3.21. The van der Waals surface area contributed by atoms with Gasteiger partial charge in [0, 0.05) is 37.8 Å². The van der Waals surface area contributed by atoms with Crippen LogP contribution in [0.25, 0.3) is 0 Å². The van der Waals surface area contributed by atoms with Gasteiger partial charge in [-0.1, -0.05) is 0 Å². The first-order valence-corrected chi connectivity index (χ1v) is 10.6. The maximum absolute atomic E-state index is 12.6. The molecular weight excluding hydrogens is 354 g/mol. The number of amides is 1. The predicted octanol–water partition coefficient (Wildman–Crippen LogP) is 3.07. The fourth-order valence-electron chi connectivity index (χ4n) is 4.08. The third-order valence-electron chi connectivity index (χ3n) is 5.58. The first-order valence-electron chi connectivity index (χ1n) is 8.95. The Morgan fingerprint density at radius 1 is 1.08 bits per heavy atom. The van der Waals surface area contributed by atoms with Crippen molar-refractivity contribution in [2.24, 2.45) is 11.8 Å². The van der Waals surface area contributed by atoms with Gasteiger partial charge in [-0.3, -0.25) is 4.79 Å². The number of carbonyl (C=O) groups excluding carboxylic acids is 1. The molecule has 0 unspecified atom stereocenters. The summed E-state index contributed by atoms with van der Waals surface area (Å²) in [6, 6.07) is 0. The number of hydrogen-bond donors (Lipinski definition) is 0. The molecule has 0 atom stereocenters. The maximum atomic E-state index is 12.6. The van der Waals surface area contributed by atoms with Gasteiger partial charge < -0.3 is 9.80 Å². The summed E-state index contributed by atoms with van der Waals surface area (Å²) in [6.45, 7) is 5.79. The Morgan fingerprint density at radius 2 is 1.76 bits per heavy atom. The van der Waals surface area contributed by atoms with Crippen molar-refractivity contribution < 1.29 is 4.79 Å². The van der Waals surface area contributed by atoms with Crippen LogP contribution >= 0.6 is 23.1 Å². The average Bonchev–Trinajstić information content (AvgIpc) is 3.33. The predicted molar refractivity (Wildman–Crippen MR) is 100 cm³/mol. The lowest BCUT2D eigenvalue weighted by Crippen LogP contribution is -2.43. The topological polar surface area (TPSA) is 62.2 Å². The summed E-state index contributed by atoms with van der Waals surface area (Å²) in [5.41, 5.74) is 1.30. The van der Waals surface area contributed by atoms with Crippen LogP contribution in [0.2, 0.25) is 0 Å².